The Bertz CT molecular complexity index is 3380. The number of anilines is 6. The lowest BCUT2D eigenvalue weighted by atomic mass is 10.2. The van der Waals surface area contributed by atoms with Gasteiger partial charge in [-0.15, -0.1) is 21.8 Å². The molecule has 372 valence electrons. The SMILES string of the molecule is NC(=O)Nc1cc(Nc2nc(Cl)nc(Nc3cc(S(=O)(=O)CCOS(=O)(=O)O)cc(S(=O)(=O)O)c3O)n2)ccc1/N=N/c1cc(S(=O)(=O)O)c(NC(=O)CCCS(=O)(=O)CCCl)cc1S(=O)(=O)O. The number of aromatic hydroxyl groups is 1. The minimum Gasteiger partial charge on any atom is -0.504 e. The summed E-state index contributed by atoms with van der Waals surface area (Å²) in [6.07, 6.45) is -0.808. The number of benzene rings is 3. The van der Waals surface area contributed by atoms with Crippen molar-refractivity contribution >= 4 is 142 Å². The smallest absolute Gasteiger partial charge is 0.397 e. The molecule has 1 heterocycles. The number of carbonyl (C=O) groups is 2. The van der Waals surface area contributed by atoms with Crippen LogP contribution in [-0.4, -0.2) is 130 Å². The van der Waals surface area contributed by atoms with E-state index in [0.717, 1.165) is 12.1 Å². The predicted molar refractivity (Wildman–Crippen MR) is 236 cm³/mol. The van der Waals surface area contributed by atoms with Gasteiger partial charge in [-0.2, -0.15) is 48.6 Å². The number of phenolic OH excluding ortho intramolecular Hbond substituents is 1. The number of azo groups is 1. The number of urea groups is 1. The van der Waals surface area contributed by atoms with Crippen LogP contribution in [0.3, 0.4) is 0 Å². The number of nitrogens with zero attached hydrogens (tertiary/aromatic N) is 5. The molecular weight excluding hydrogens is 1080 g/mol. The maximum absolute atomic E-state index is 12.9. The monoisotopic (exact) mass is 1110 g/mol. The number of amides is 3. The average molecular weight is 1120 g/mol. The third-order valence-corrected chi connectivity index (χ3v) is 15.1. The quantitative estimate of drug-likeness (QED) is 0.0234. The highest BCUT2D eigenvalue weighted by Gasteiger charge is 2.28. The molecule has 0 unspecified atom stereocenters. The lowest BCUT2D eigenvalue weighted by Crippen LogP contribution is -2.19. The summed E-state index contributed by atoms with van der Waals surface area (Å²) in [6.45, 7) is -1.15. The van der Waals surface area contributed by atoms with E-state index in [1.807, 2.05) is 5.32 Å². The van der Waals surface area contributed by atoms with Gasteiger partial charge in [-0.3, -0.25) is 23.0 Å². The first kappa shape index (κ1) is 55.1. The Morgan fingerprint density at radius 1 is 0.676 bits per heavy atom. The van der Waals surface area contributed by atoms with Crippen molar-refractivity contribution in [1.29, 1.82) is 0 Å². The van der Waals surface area contributed by atoms with Gasteiger partial charge in [-0.05, 0) is 60.5 Å². The van der Waals surface area contributed by atoms with E-state index in [1.165, 1.54) is 6.07 Å². The van der Waals surface area contributed by atoms with Crippen molar-refractivity contribution in [3.63, 3.8) is 0 Å². The van der Waals surface area contributed by atoms with Gasteiger partial charge in [0.1, 0.15) is 26.1 Å². The Balaban J connectivity index is 1.70. The standard InChI is InChI=1S/C30H32Cl2N10O20S6/c31-5-8-63(46,47)7-1-2-25(43)35-19-13-23(66(53,54)55)20(14-22(19)65(50,51)52)42-41-17-4-3-15(10-18(17)36-28(33)45)34-29-38-27(32)39-30(40-29)37-21-11-16(12-24(26(21)44)67(56,57)58)64(48,49)9-6-62-68(59,60)61/h3-4,10-14,44H,1-2,5-9H2,(H,35,43)(H3,33,36,45)(H,50,51,52)(H,53,54,55)(H,56,57,58)(H,59,60,61)(H2,34,37,38,39,40)/b42-41+. The summed E-state index contributed by atoms with van der Waals surface area (Å²) in [5.74, 6) is -5.70. The maximum atomic E-state index is 12.9. The van der Waals surface area contributed by atoms with Crippen LogP contribution >= 0.6 is 23.2 Å². The number of nitrogens with one attached hydrogen (secondary N) is 4. The Hall–Kier alpha value is -5.51. The highest BCUT2D eigenvalue weighted by Crippen LogP contribution is 2.38. The molecule has 0 saturated carbocycles. The third kappa shape index (κ3) is 16.1. The molecule has 4 aromatic rings. The lowest BCUT2D eigenvalue weighted by molar-refractivity contribution is -0.116. The average Bonchev–Trinajstić information content (AvgIpc) is 3.16. The molecule has 0 atom stereocenters. The first-order valence-electron chi connectivity index (χ1n) is 17.6. The summed E-state index contributed by atoms with van der Waals surface area (Å²) in [5.41, 5.74) is 1.88. The molecule has 0 aliphatic heterocycles. The number of aromatic nitrogens is 3. The molecule has 38 heteroatoms. The number of alkyl halides is 1. The number of phenols is 1. The van der Waals surface area contributed by atoms with Crippen molar-refractivity contribution in [2.45, 2.75) is 32.4 Å². The van der Waals surface area contributed by atoms with Crippen LogP contribution in [0, 0.1) is 0 Å². The summed E-state index contributed by atoms with van der Waals surface area (Å²) in [6, 6.07) is 3.83. The Morgan fingerprint density at radius 3 is 1.85 bits per heavy atom. The fraction of sp³-hybridized carbons (Fsp3) is 0.233. The van der Waals surface area contributed by atoms with E-state index in [1.54, 1.807) is 0 Å². The number of nitrogens with two attached hydrogens (primary N) is 1. The van der Waals surface area contributed by atoms with Gasteiger partial charge in [-0.25, -0.2) is 25.8 Å². The minimum atomic E-state index is -5.37. The van der Waals surface area contributed by atoms with E-state index in [4.69, 9.17) is 33.5 Å². The van der Waals surface area contributed by atoms with E-state index in [0.29, 0.717) is 24.3 Å². The summed E-state index contributed by atoms with van der Waals surface area (Å²) >= 11 is 11.5. The largest absolute Gasteiger partial charge is 0.504 e. The van der Waals surface area contributed by atoms with Crippen LogP contribution in [0.15, 0.2) is 72.3 Å². The van der Waals surface area contributed by atoms with Crippen molar-refractivity contribution < 1.29 is 87.6 Å². The second-order valence-corrected chi connectivity index (χ2v) is 23.4. The van der Waals surface area contributed by atoms with Gasteiger partial charge in [0.25, 0.3) is 30.4 Å². The number of primary amides is 1. The van der Waals surface area contributed by atoms with Crippen LogP contribution in [0.5, 0.6) is 5.75 Å². The molecule has 0 aliphatic carbocycles. The molecule has 3 aromatic carbocycles. The van der Waals surface area contributed by atoms with Gasteiger partial charge in [-0.1, -0.05) is 0 Å². The Morgan fingerprint density at radius 2 is 1.28 bits per heavy atom. The van der Waals surface area contributed by atoms with Crippen molar-refractivity contribution in [3.8, 4) is 5.75 Å². The number of halogens is 2. The van der Waals surface area contributed by atoms with Gasteiger partial charge in [0.15, 0.2) is 25.4 Å². The number of carbonyl (C=O) groups excluding carboxylic acids is 2. The first-order chi connectivity index (χ1) is 31.2. The molecule has 0 aliphatic rings. The van der Waals surface area contributed by atoms with E-state index in [9.17, 15) is 78.9 Å². The van der Waals surface area contributed by atoms with Crippen LogP contribution in [0.1, 0.15) is 12.8 Å². The normalized spacial score (nSPS) is 12.7. The molecule has 0 bridgehead atoms. The Labute approximate surface area is 394 Å². The molecule has 0 spiro atoms. The summed E-state index contributed by atoms with van der Waals surface area (Å²) < 4.78 is 187. The van der Waals surface area contributed by atoms with Crippen molar-refractivity contribution in [3.05, 3.63) is 47.7 Å². The van der Waals surface area contributed by atoms with E-state index in [2.05, 4.69) is 45.3 Å². The van der Waals surface area contributed by atoms with E-state index < -0.39 is 156 Å². The zero-order valence-electron chi connectivity index (χ0n) is 33.4. The molecule has 0 radical (unpaired) electrons. The molecule has 0 saturated heterocycles. The fourth-order valence-corrected chi connectivity index (χ4v) is 10.6. The zero-order valence-corrected chi connectivity index (χ0v) is 39.8. The van der Waals surface area contributed by atoms with Gasteiger partial charge in [0, 0.05) is 18.0 Å². The van der Waals surface area contributed by atoms with Gasteiger partial charge >= 0.3 is 16.4 Å². The number of sulfone groups is 2. The van der Waals surface area contributed by atoms with Gasteiger partial charge in [0.05, 0.1) is 45.8 Å². The second kappa shape index (κ2) is 21.4. The van der Waals surface area contributed by atoms with Gasteiger partial charge in [0.2, 0.25) is 23.1 Å². The fourth-order valence-electron chi connectivity index (χ4n) is 5.20. The van der Waals surface area contributed by atoms with Gasteiger partial charge < -0.3 is 32.1 Å². The van der Waals surface area contributed by atoms with Crippen LogP contribution in [0.25, 0.3) is 0 Å². The lowest BCUT2D eigenvalue weighted by Gasteiger charge is -2.14. The topological polar surface area (TPSA) is 487 Å². The molecule has 1 aromatic heterocycles. The van der Waals surface area contributed by atoms with Crippen LogP contribution in [0.4, 0.5) is 50.8 Å². The van der Waals surface area contributed by atoms with Crippen LogP contribution in [0.2, 0.25) is 5.28 Å². The molecule has 4 rings (SSSR count). The maximum Gasteiger partial charge on any atom is 0.397 e. The summed E-state index contributed by atoms with van der Waals surface area (Å²) in [7, 11) is -29.5. The van der Waals surface area contributed by atoms with Crippen molar-refractivity contribution in [2.75, 3.05) is 51.0 Å². The third-order valence-electron chi connectivity index (χ3n) is 8.04. The van der Waals surface area contributed by atoms with E-state index in [-0.39, 0.29) is 35.1 Å². The van der Waals surface area contributed by atoms with Crippen LogP contribution in [-0.2, 0) is 69.4 Å². The van der Waals surface area contributed by atoms with Crippen LogP contribution < -0.4 is 27.0 Å². The Kier molecular flexibility index (Phi) is 17.4. The van der Waals surface area contributed by atoms with E-state index >= 15 is 0 Å². The number of hydrogen-bond donors (Lipinski definition) is 10. The summed E-state index contributed by atoms with van der Waals surface area (Å²) in [4.78, 5) is 31.4. The number of hydrogen-bond acceptors (Lipinski definition) is 23. The van der Waals surface area contributed by atoms with Crippen molar-refractivity contribution in [2.24, 2.45) is 16.0 Å². The summed E-state index contributed by atoms with van der Waals surface area (Å²) in [5, 5.41) is 26.5. The number of rotatable bonds is 22. The molecule has 30 nitrogen and oxygen atoms in total. The molecule has 68 heavy (non-hydrogen) atoms. The first-order valence-corrected chi connectivity index (χ1v) is 27.7. The molecule has 11 N–H and O–H groups in total. The predicted octanol–water partition coefficient (Wildman–Crippen LogP) is 2.33. The highest BCUT2D eigenvalue weighted by molar-refractivity contribution is 7.92. The minimum absolute atomic E-state index is 0.0679. The van der Waals surface area contributed by atoms with Crippen molar-refractivity contribution in [1.82, 2.24) is 15.0 Å². The highest BCUT2D eigenvalue weighted by atomic mass is 35.5. The molecule has 0 fully saturated rings. The second-order valence-electron chi connectivity index (χ2n) is 13.0. The molecular formula is C30H32Cl2N10O20S6. The zero-order chi connectivity index (χ0) is 51.2. The molecule has 3 amide bonds.